The number of H-pyrrole nitrogens is 1. The van der Waals surface area contributed by atoms with E-state index in [1.54, 1.807) is 6.07 Å². The van der Waals surface area contributed by atoms with Gasteiger partial charge in [-0.05, 0) is 37.5 Å². The fraction of sp³-hybridized carbons (Fsp3) is 0.333. The smallest absolute Gasteiger partial charge is 0.264 e. The molecule has 0 amide bonds. The van der Waals surface area contributed by atoms with Gasteiger partial charge in [0.2, 0.25) is 0 Å². The molecule has 0 unspecified atom stereocenters. The van der Waals surface area contributed by atoms with E-state index in [1.165, 1.54) is 25.3 Å². The van der Waals surface area contributed by atoms with Crippen molar-refractivity contribution < 1.29 is 0 Å². The number of nitrogens with two attached hydrogens (primary N) is 1. The second-order valence-electron chi connectivity index (χ2n) is 5.13. The topological polar surface area (TPSA) is 75.0 Å². The Balaban J connectivity index is 1.90. The maximum atomic E-state index is 11.0. The number of rotatable bonds is 2. The van der Waals surface area contributed by atoms with Crippen molar-refractivity contribution in [1.82, 2.24) is 10.2 Å². The van der Waals surface area contributed by atoms with Crippen LogP contribution in [0.4, 0.5) is 11.4 Å². The minimum absolute atomic E-state index is 0.202. The molecule has 2 aromatic rings. The first kappa shape index (κ1) is 12.7. The number of nitrogens with one attached hydrogen (secondary N) is 1. The highest BCUT2D eigenvalue weighted by Crippen LogP contribution is 2.30. The van der Waals surface area contributed by atoms with Gasteiger partial charge in [0.05, 0.1) is 17.1 Å². The van der Waals surface area contributed by atoms with Crippen molar-refractivity contribution in [2.24, 2.45) is 0 Å². The van der Waals surface area contributed by atoms with Gasteiger partial charge in [0, 0.05) is 24.7 Å². The Morgan fingerprint density at radius 2 is 1.90 bits per heavy atom. The summed E-state index contributed by atoms with van der Waals surface area (Å²) in [4.78, 5) is 13.4. The van der Waals surface area contributed by atoms with Gasteiger partial charge in [-0.3, -0.25) is 4.79 Å². The minimum Gasteiger partial charge on any atom is -0.397 e. The van der Waals surface area contributed by atoms with Gasteiger partial charge in [-0.25, -0.2) is 5.10 Å². The Kier molecular flexibility index (Phi) is 3.41. The van der Waals surface area contributed by atoms with E-state index in [4.69, 9.17) is 5.73 Å². The average Bonchev–Trinajstić information content (AvgIpc) is 2.49. The fourth-order valence-electron chi connectivity index (χ4n) is 2.64. The van der Waals surface area contributed by atoms with Crippen LogP contribution in [0.1, 0.15) is 19.3 Å². The molecule has 3 rings (SSSR count). The highest BCUT2D eigenvalue weighted by atomic mass is 16.1. The number of piperidine rings is 1. The van der Waals surface area contributed by atoms with Crippen molar-refractivity contribution in [2.75, 3.05) is 23.7 Å². The summed E-state index contributed by atoms with van der Waals surface area (Å²) < 4.78 is 0. The molecule has 0 aliphatic carbocycles. The quantitative estimate of drug-likeness (QED) is 0.819. The zero-order valence-electron chi connectivity index (χ0n) is 11.3. The lowest BCUT2D eigenvalue weighted by molar-refractivity contribution is 0.578. The Labute approximate surface area is 117 Å². The second kappa shape index (κ2) is 5.36. The summed E-state index contributed by atoms with van der Waals surface area (Å²) in [6.07, 6.45) is 3.75. The predicted octanol–water partition coefficient (Wildman–Crippen LogP) is 2.01. The molecule has 1 aromatic carbocycles. The standard InChI is InChI=1S/C15H18N4O/c16-12-10-11(13-5-7-15(20)18-17-13)4-6-14(12)19-8-2-1-3-9-19/h4-7,10H,1-3,8-9,16H2,(H,18,20). The van der Waals surface area contributed by atoms with Crippen molar-refractivity contribution in [3.8, 4) is 11.3 Å². The highest BCUT2D eigenvalue weighted by molar-refractivity contribution is 5.75. The number of hydrogen-bond donors (Lipinski definition) is 2. The molecule has 1 aliphatic rings. The van der Waals surface area contributed by atoms with Crippen LogP contribution in [0, 0.1) is 0 Å². The van der Waals surface area contributed by atoms with Crippen LogP contribution in [-0.2, 0) is 0 Å². The molecular weight excluding hydrogens is 252 g/mol. The Hall–Kier alpha value is -2.30. The number of hydrogen-bond acceptors (Lipinski definition) is 4. The maximum absolute atomic E-state index is 11.0. The normalized spacial score (nSPS) is 15.3. The molecule has 0 atom stereocenters. The number of nitrogens with zero attached hydrogens (tertiary/aromatic N) is 2. The molecule has 3 N–H and O–H groups in total. The van der Waals surface area contributed by atoms with Gasteiger partial charge in [0.25, 0.3) is 5.56 Å². The zero-order valence-corrected chi connectivity index (χ0v) is 11.3. The average molecular weight is 270 g/mol. The van der Waals surface area contributed by atoms with Gasteiger partial charge >= 0.3 is 0 Å². The molecule has 1 fully saturated rings. The lowest BCUT2D eigenvalue weighted by atomic mass is 10.1. The van der Waals surface area contributed by atoms with Crippen LogP contribution in [-0.4, -0.2) is 23.3 Å². The molecule has 1 aliphatic heterocycles. The van der Waals surface area contributed by atoms with Crippen LogP contribution in [0.2, 0.25) is 0 Å². The highest BCUT2D eigenvalue weighted by Gasteiger charge is 2.14. The lowest BCUT2D eigenvalue weighted by Crippen LogP contribution is -2.29. The van der Waals surface area contributed by atoms with Gasteiger partial charge in [-0.2, -0.15) is 5.10 Å². The number of anilines is 2. The van der Waals surface area contributed by atoms with E-state index < -0.39 is 0 Å². The van der Waals surface area contributed by atoms with Crippen molar-refractivity contribution in [1.29, 1.82) is 0 Å². The first-order valence-electron chi connectivity index (χ1n) is 6.94. The van der Waals surface area contributed by atoms with Crippen molar-refractivity contribution >= 4 is 11.4 Å². The van der Waals surface area contributed by atoms with Crippen molar-refractivity contribution in [3.05, 3.63) is 40.7 Å². The molecule has 2 heterocycles. The Morgan fingerprint density at radius 3 is 2.55 bits per heavy atom. The summed E-state index contributed by atoms with van der Waals surface area (Å²) in [5.74, 6) is 0. The molecule has 0 saturated carbocycles. The molecule has 0 bridgehead atoms. The first-order chi connectivity index (χ1) is 9.74. The first-order valence-corrected chi connectivity index (χ1v) is 6.94. The third kappa shape index (κ3) is 2.52. The van der Waals surface area contributed by atoms with E-state index in [1.807, 2.05) is 18.2 Å². The molecule has 0 spiro atoms. The van der Waals surface area contributed by atoms with Crippen LogP contribution in [0.25, 0.3) is 11.3 Å². The van der Waals surface area contributed by atoms with Crippen LogP contribution in [0.15, 0.2) is 35.1 Å². The predicted molar refractivity (Wildman–Crippen MR) is 80.8 cm³/mol. The third-order valence-electron chi connectivity index (χ3n) is 3.70. The molecular formula is C15H18N4O. The molecule has 104 valence electrons. The Morgan fingerprint density at radius 1 is 1.10 bits per heavy atom. The molecule has 5 nitrogen and oxygen atoms in total. The van der Waals surface area contributed by atoms with Gasteiger partial charge in [0.1, 0.15) is 0 Å². The van der Waals surface area contributed by atoms with Crippen LogP contribution in [0.5, 0.6) is 0 Å². The van der Waals surface area contributed by atoms with E-state index in [0.717, 1.165) is 35.7 Å². The van der Waals surface area contributed by atoms with E-state index in [9.17, 15) is 4.79 Å². The summed E-state index contributed by atoms with van der Waals surface area (Å²) in [6, 6.07) is 9.14. The van der Waals surface area contributed by atoms with Crippen LogP contribution < -0.4 is 16.2 Å². The number of aromatic amines is 1. The van der Waals surface area contributed by atoms with Crippen LogP contribution in [0.3, 0.4) is 0 Å². The molecule has 0 radical (unpaired) electrons. The van der Waals surface area contributed by atoms with Crippen molar-refractivity contribution in [2.45, 2.75) is 19.3 Å². The number of benzene rings is 1. The van der Waals surface area contributed by atoms with E-state index in [0.29, 0.717) is 0 Å². The lowest BCUT2D eigenvalue weighted by Gasteiger charge is -2.30. The second-order valence-corrected chi connectivity index (χ2v) is 5.13. The summed E-state index contributed by atoms with van der Waals surface area (Å²) in [5.41, 5.74) is 9.47. The maximum Gasteiger partial charge on any atom is 0.264 e. The number of aromatic nitrogens is 2. The van der Waals surface area contributed by atoms with Gasteiger partial charge in [0.15, 0.2) is 0 Å². The van der Waals surface area contributed by atoms with E-state index in [2.05, 4.69) is 15.1 Å². The van der Waals surface area contributed by atoms with Gasteiger partial charge in [-0.1, -0.05) is 6.07 Å². The Bertz CT molecular complexity index is 639. The molecule has 5 heteroatoms. The molecule has 1 aromatic heterocycles. The SMILES string of the molecule is Nc1cc(-c2ccc(=O)[nH]n2)ccc1N1CCCCC1. The third-order valence-corrected chi connectivity index (χ3v) is 3.70. The monoisotopic (exact) mass is 270 g/mol. The molecule has 20 heavy (non-hydrogen) atoms. The number of nitrogen functional groups attached to an aromatic ring is 1. The van der Waals surface area contributed by atoms with E-state index in [-0.39, 0.29) is 5.56 Å². The summed E-state index contributed by atoms with van der Waals surface area (Å²) >= 11 is 0. The van der Waals surface area contributed by atoms with Gasteiger partial charge in [-0.15, -0.1) is 0 Å². The van der Waals surface area contributed by atoms with E-state index >= 15 is 0 Å². The molecule has 1 saturated heterocycles. The summed E-state index contributed by atoms with van der Waals surface area (Å²) in [5, 5.41) is 6.46. The minimum atomic E-state index is -0.202. The van der Waals surface area contributed by atoms with Crippen LogP contribution >= 0.6 is 0 Å². The summed E-state index contributed by atoms with van der Waals surface area (Å²) in [7, 11) is 0. The fourth-order valence-corrected chi connectivity index (χ4v) is 2.64. The largest absolute Gasteiger partial charge is 0.397 e. The van der Waals surface area contributed by atoms with Crippen molar-refractivity contribution in [3.63, 3.8) is 0 Å². The summed E-state index contributed by atoms with van der Waals surface area (Å²) in [6.45, 7) is 2.14. The van der Waals surface area contributed by atoms with Gasteiger partial charge < -0.3 is 10.6 Å². The zero-order chi connectivity index (χ0) is 13.9.